The maximum Gasteiger partial charge on any atom is 0.0702 e. The van der Waals surface area contributed by atoms with Gasteiger partial charge in [0.15, 0.2) is 0 Å². The van der Waals surface area contributed by atoms with Crippen molar-refractivity contribution in [1.82, 2.24) is 0 Å². The van der Waals surface area contributed by atoms with E-state index in [1.807, 2.05) is 24.3 Å². The highest BCUT2D eigenvalue weighted by molar-refractivity contribution is 9.11. The Balaban J connectivity index is 2.02. The number of thiophene rings is 1. The second-order valence-corrected chi connectivity index (χ2v) is 5.83. The maximum absolute atomic E-state index is 5.35. The number of terminal acetylenes is 1. The third-order valence-electron chi connectivity index (χ3n) is 2.12. The third kappa shape index (κ3) is 2.88. The number of hydrogen-bond donors (Lipinski definition) is 1. The molecular formula is C13H10BrNS. The number of hydrogen-bond acceptors (Lipinski definition) is 2. The summed E-state index contributed by atoms with van der Waals surface area (Å²) in [5.74, 6) is 2.62. The van der Waals surface area contributed by atoms with E-state index in [9.17, 15) is 0 Å². The van der Waals surface area contributed by atoms with Crippen molar-refractivity contribution in [2.24, 2.45) is 0 Å². The van der Waals surface area contributed by atoms with Crippen molar-refractivity contribution in [2.75, 3.05) is 5.32 Å². The van der Waals surface area contributed by atoms with Crippen molar-refractivity contribution >= 4 is 33.0 Å². The summed E-state index contributed by atoms with van der Waals surface area (Å²) < 4.78 is 1.15. The summed E-state index contributed by atoms with van der Waals surface area (Å²) in [4.78, 5) is 1.29. The summed E-state index contributed by atoms with van der Waals surface area (Å²) in [5, 5.41) is 3.34. The number of anilines is 1. The van der Waals surface area contributed by atoms with E-state index in [-0.39, 0.29) is 0 Å². The van der Waals surface area contributed by atoms with Gasteiger partial charge < -0.3 is 5.32 Å². The van der Waals surface area contributed by atoms with Crippen LogP contribution in [0.5, 0.6) is 0 Å². The van der Waals surface area contributed by atoms with Gasteiger partial charge in [0, 0.05) is 22.7 Å². The van der Waals surface area contributed by atoms with Gasteiger partial charge >= 0.3 is 0 Å². The second-order valence-electron chi connectivity index (χ2n) is 3.28. The summed E-state index contributed by atoms with van der Waals surface area (Å²) >= 11 is 5.18. The van der Waals surface area contributed by atoms with Crippen LogP contribution in [0, 0.1) is 12.3 Å². The molecule has 1 N–H and O–H groups in total. The zero-order valence-electron chi connectivity index (χ0n) is 8.53. The third-order valence-corrected chi connectivity index (χ3v) is 3.75. The van der Waals surface area contributed by atoms with E-state index in [1.165, 1.54) is 4.88 Å². The first-order chi connectivity index (χ1) is 7.78. The molecule has 2 aromatic rings. The number of rotatable bonds is 3. The number of nitrogens with one attached hydrogen (secondary N) is 1. The first-order valence-corrected chi connectivity index (χ1v) is 6.43. The molecule has 0 radical (unpaired) electrons. The Bertz CT molecular complexity index is 525. The van der Waals surface area contributed by atoms with E-state index in [1.54, 1.807) is 11.3 Å². The molecule has 0 saturated carbocycles. The molecule has 1 heterocycles. The van der Waals surface area contributed by atoms with Crippen LogP contribution < -0.4 is 5.32 Å². The molecule has 80 valence electrons. The molecule has 16 heavy (non-hydrogen) atoms. The number of benzene rings is 1. The van der Waals surface area contributed by atoms with Crippen LogP contribution in [-0.4, -0.2) is 0 Å². The molecule has 0 aliphatic carbocycles. The summed E-state index contributed by atoms with van der Waals surface area (Å²) in [6.45, 7) is 0.824. The summed E-state index contributed by atoms with van der Waals surface area (Å²) in [5.41, 5.74) is 1.96. The zero-order chi connectivity index (χ0) is 11.4. The van der Waals surface area contributed by atoms with E-state index in [2.05, 4.69) is 39.3 Å². The van der Waals surface area contributed by atoms with Crippen molar-refractivity contribution in [3.63, 3.8) is 0 Å². The molecule has 0 unspecified atom stereocenters. The van der Waals surface area contributed by atoms with Gasteiger partial charge in [-0.25, -0.2) is 0 Å². The smallest absolute Gasteiger partial charge is 0.0702 e. The van der Waals surface area contributed by atoms with Crippen molar-refractivity contribution in [1.29, 1.82) is 0 Å². The van der Waals surface area contributed by atoms with Gasteiger partial charge in [0.25, 0.3) is 0 Å². The van der Waals surface area contributed by atoms with E-state index in [0.29, 0.717) is 0 Å². The first-order valence-electron chi connectivity index (χ1n) is 4.83. The molecule has 0 bridgehead atoms. The average Bonchev–Trinajstić information content (AvgIpc) is 2.73. The van der Waals surface area contributed by atoms with Crippen LogP contribution in [0.2, 0.25) is 0 Å². The monoisotopic (exact) mass is 291 g/mol. The lowest BCUT2D eigenvalue weighted by Crippen LogP contribution is -1.97. The highest BCUT2D eigenvalue weighted by atomic mass is 79.9. The fraction of sp³-hybridized carbons (Fsp3) is 0.0769. The predicted molar refractivity (Wildman–Crippen MR) is 73.7 cm³/mol. The zero-order valence-corrected chi connectivity index (χ0v) is 10.9. The fourth-order valence-electron chi connectivity index (χ4n) is 1.35. The van der Waals surface area contributed by atoms with Crippen molar-refractivity contribution in [2.45, 2.75) is 6.54 Å². The molecule has 0 saturated heterocycles. The van der Waals surface area contributed by atoms with E-state index < -0.39 is 0 Å². The standard InChI is InChI=1S/C13H10BrNS/c1-2-10-4-3-5-11(8-10)15-9-12-6-7-13(14)16-12/h1,3-8,15H,9H2. The van der Waals surface area contributed by atoms with Crippen LogP contribution in [0.3, 0.4) is 0 Å². The van der Waals surface area contributed by atoms with Crippen molar-refractivity contribution in [3.05, 3.63) is 50.6 Å². The van der Waals surface area contributed by atoms with Crippen LogP contribution >= 0.6 is 27.3 Å². The summed E-state index contributed by atoms with van der Waals surface area (Å²) in [6, 6.07) is 12.0. The molecule has 1 nitrogen and oxygen atoms in total. The minimum atomic E-state index is 0.824. The van der Waals surface area contributed by atoms with Gasteiger partial charge in [0.05, 0.1) is 3.79 Å². The fourth-order valence-corrected chi connectivity index (χ4v) is 2.78. The molecule has 3 heteroatoms. The minimum absolute atomic E-state index is 0.824. The Morgan fingerprint density at radius 2 is 2.19 bits per heavy atom. The molecule has 1 aromatic carbocycles. The SMILES string of the molecule is C#Cc1cccc(NCc2ccc(Br)s2)c1. The Kier molecular flexibility index (Phi) is 3.66. The van der Waals surface area contributed by atoms with Crippen LogP contribution in [0.25, 0.3) is 0 Å². The van der Waals surface area contributed by atoms with E-state index >= 15 is 0 Å². The maximum atomic E-state index is 5.35. The predicted octanol–water partition coefficient (Wildman–Crippen LogP) is 4.10. The molecule has 1 aromatic heterocycles. The Hall–Kier alpha value is -1.24. The molecule has 0 atom stereocenters. The Labute approximate surface area is 108 Å². The average molecular weight is 292 g/mol. The van der Waals surface area contributed by atoms with Gasteiger partial charge in [-0.15, -0.1) is 17.8 Å². The van der Waals surface area contributed by atoms with Gasteiger partial charge in [0.1, 0.15) is 0 Å². The van der Waals surface area contributed by atoms with Gasteiger partial charge in [-0.3, -0.25) is 0 Å². The molecule has 0 spiro atoms. The second kappa shape index (κ2) is 5.20. The van der Waals surface area contributed by atoms with E-state index in [0.717, 1.165) is 21.6 Å². The van der Waals surface area contributed by atoms with Gasteiger partial charge in [0.2, 0.25) is 0 Å². The van der Waals surface area contributed by atoms with Crippen LogP contribution in [0.15, 0.2) is 40.2 Å². The van der Waals surface area contributed by atoms with Crippen molar-refractivity contribution in [3.8, 4) is 12.3 Å². The normalized spacial score (nSPS) is 9.75. The molecule has 0 amide bonds. The van der Waals surface area contributed by atoms with Crippen molar-refractivity contribution < 1.29 is 0 Å². The molecule has 2 rings (SSSR count). The lowest BCUT2D eigenvalue weighted by atomic mass is 10.2. The van der Waals surface area contributed by atoms with Gasteiger partial charge in [-0.1, -0.05) is 12.0 Å². The molecule has 0 aliphatic rings. The molecular weight excluding hydrogens is 282 g/mol. The first kappa shape index (κ1) is 11.3. The minimum Gasteiger partial charge on any atom is -0.380 e. The summed E-state index contributed by atoms with van der Waals surface area (Å²) in [6.07, 6.45) is 5.35. The molecule has 0 fully saturated rings. The number of halogens is 1. The Morgan fingerprint density at radius 3 is 2.88 bits per heavy atom. The lowest BCUT2D eigenvalue weighted by molar-refractivity contribution is 1.19. The highest BCUT2D eigenvalue weighted by Crippen LogP contribution is 2.23. The highest BCUT2D eigenvalue weighted by Gasteiger charge is 1.98. The molecule has 0 aliphatic heterocycles. The lowest BCUT2D eigenvalue weighted by Gasteiger charge is -2.04. The summed E-state index contributed by atoms with van der Waals surface area (Å²) in [7, 11) is 0. The van der Waals surface area contributed by atoms with Crippen LogP contribution in [0.4, 0.5) is 5.69 Å². The quantitative estimate of drug-likeness (QED) is 0.840. The van der Waals surface area contributed by atoms with Crippen LogP contribution in [0.1, 0.15) is 10.4 Å². The van der Waals surface area contributed by atoms with Crippen LogP contribution in [-0.2, 0) is 6.54 Å². The van der Waals surface area contributed by atoms with E-state index in [4.69, 9.17) is 6.42 Å². The topological polar surface area (TPSA) is 12.0 Å². The Morgan fingerprint density at radius 1 is 1.31 bits per heavy atom. The largest absolute Gasteiger partial charge is 0.380 e. The van der Waals surface area contributed by atoms with Gasteiger partial charge in [-0.2, -0.15) is 0 Å². The van der Waals surface area contributed by atoms with Gasteiger partial charge in [-0.05, 0) is 46.3 Å².